The highest BCUT2D eigenvalue weighted by atomic mass is 35.5. The van der Waals surface area contributed by atoms with Crippen LogP contribution in [0.2, 0.25) is 5.02 Å². The van der Waals surface area contributed by atoms with Crippen LogP contribution in [0.5, 0.6) is 5.75 Å². The fourth-order valence-electron chi connectivity index (χ4n) is 2.79. The Morgan fingerprint density at radius 2 is 2.22 bits per heavy atom. The third kappa shape index (κ3) is 2.43. The third-order valence-electron chi connectivity index (χ3n) is 3.66. The summed E-state index contributed by atoms with van der Waals surface area (Å²) in [5, 5.41) is 9.95. The first kappa shape index (κ1) is 13.5. The van der Waals surface area contributed by atoms with Crippen LogP contribution in [0.25, 0.3) is 0 Å². The van der Waals surface area contributed by atoms with E-state index in [0.717, 1.165) is 18.7 Å². The Morgan fingerprint density at radius 1 is 1.50 bits per heavy atom. The summed E-state index contributed by atoms with van der Waals surface area (Å²) in [5.74, 6) is 1.03. The molecule has 0 spiro atoms. The number of aliphatic hydroxyl groups excluding tert-OH is 1. The van der Waals surface area contributed by atoms with Crippen LogP contribution in [0.1, 0.15) is 20.3 Å². The Morgan fingerprint density at radius 3 is 2.72 bits per heavy atom. The quantitative estimate of drug-likeness (QED) is 0.916. The average Bonchev–Trinajstić information content (AvgIpc) is 2.64. The molecular formula is C14H20ClNO2. The number of nitrogens with zero attached hydrogens (tertiary/aromatic N) is 1. The van der Waals surface area contributed by atoms with Gasteiger partial charge in [0.25, 0.3) is 0 Å². The van der Waals surface area contributed by atoms with Crippen LogP contribution in [0.4, 0.5) is 5.69 Å². The largest absolute Gasteiger partial charge is 0.495 e. The molecule has 0 saturated carbocycles. The monoisotopic (exact) mass is 269 g/mol. The molecule has 0 amide bonds. The molecule has 3 nitrogen and oxygen atoms in total. The summed E-state index contributed by atoms with van der Waals surface area (Å²) in [6, 6.07) is 5.84. The number of hydrogen-bond donors (Lipinski definition) is 1. The lowest BCUT2D eigenvalue weighted by Crippen LogP contribution is -2.38. The van der Waals surface area contributed by atoms with E-state index in [4.69, 9.17) is 16.3 Å². The number of ether oxygens (including phenoxy) is 1. The summed E-state index contributed by atoms with van der Waals surface area (Å²) < 4.78 is 5.17. The molecule has 100 valence electrons. The van der Waals surface area contributed by atoms with Gasteiger partial charge < -0.3 is 14.7 Å². The van der Waals surface area contributed by atoms with Crippen molar-refractivity contribution in [3.05, 3.63) is 23.2 Å². The SMILES string of the molecule is COc1ccc(N2CC(CO)CC2(C)C)cc1Cl. The second-order valence-electron chi connectivity index (χ2n) is 5.49. The van der Waals surface area contributed by atoms with Gasteiger partial charge in [0, 0.05) is 30.3 Å². The first-order valence-corrected chi connectivity index (χ1v) is 6.58. The lowest BCUT2D eigenvalue weighted by Gasteiger charge is -2.33. The summed E-state index contributed by atoms with van der Waals surface area (Å²) in [7, 11) is 1.61. The maximum atomic E-state index is 9.33. The summed E-state index contributed by atoms with van der Waals surface area (Å²) >= 11 is 6.17. The molecule has 0 aromatic heterocycles. The van der Waals surface area contributed by atoms with Crippen molar-refractivity contribution >= 4 is 17.3 Å². The van der Waals surface area contributed by atoms with Gasteiger partial charge in [-0.1, -0.05) is 11.6 Å². The van der Waals surface area contributed by atoms with E-state index < -0.39 is 0 Å². The molecule has 1 saturated heterocycles. The maximum Gasteiger partial charge on any atom is 0.137 e. The molecule has 1 atom stereocenters. The Balaban J connectivity index is 2.28. The highest BCUT2D eigenvalue weighted by Gasteiger charge is 2.38. The second-order valence-corrected chi connectivity index (χ2v) is 5.90. The van der Waals surface area contributed by atoms with Gasteiger partial charge in [-0.05, 0) is 38.5 Å². The van der Waals surface area contributed by atoms with Crippen molar-refractivity contribution in [2.75, 3.05) is 25.2 Å². The normalized spacial score (nSPS) is 22.3. The van der Waals surface area contributed by atoms with Crippen LogP contribution in [0.15, 0.2) is 18.2 Å². The number of aliphatic hydroxyl groups is 1. The molecule has 1 heterocycles. The Labute approximate surface area is 113 Å². The lowest BCUT2D eigenvalue weighted by molar-refractivity contribution is 0.232. The Kier molecular flexibility index (Phi) is 3.74. The van der Waals surface area contributed by atoms with E-state index in [-0.39, 0.29) is 12.1 Å². The van der Waals surface area contributed by atoms with Crippen LogP contribution < -0.4 is 9.64 Å². The molecule has 1 aliphatic heterocycles. The minimum atomic E-state index is 0.0469. The van der Waals surface area contributed by atoms with Crippen LogP contribution >= 0.6 is 11.6 Å². The van der Waals surface area contributed by atoms with Crippen molar-refractivity contribution in [3.8, 4) is 5.75 Å². The van der Waals surface area contributed by atoms with Crippen molar-refractivity contribution in [1.82, 2.24) is 0 Å². The molecule has 0 radical (unpaired) electrons. The van der Waals surface area contributed by atoms with Crippen LogP contribution in [0, 0.1) is 5.92 Å². The van der Waals surface area contributed by atoms with E-state index in [1.807, 2.05) is 18.2 Å². The highest BCUT2D eigenvalue weighted by molar-refractivity contribution is 6.32. The molecule has 1 fully saturated rings. The van der Waals surface area contributed by atoms with E-state index in [0.29, 0.717) is 16.7 Å². The van der Waals surface area contributed by atoms with Gasteiger partial charge in [0.15, 0.2) is 0 Å². The lowest BCUT2D eigenvalue weighted by atomic mass is 9.97. The van der Waals surface area contributed by atoms with Crippen molar-refractivity contribution in [3.63, 3.8) is 0 Å². The van der Waals surface area contributed by atoms with Crippen molar-refractivity contribution in [1.29, 1.82) is 0 Å². The van der Waals surface area contributed by atoms with Gasteiger partial charge in [0.05, 0.1) is 12.1 Å². The Hall–Kier alpha value is -0.930. The number of anilines is 1. The summed E-state index contributed by atoms with van der Waals surface area (Å²) in [6.07, 6.45) is 0.993. The fraction of sp³-hybridized carbons (Fsp3) is 0.571. The van der Waals surface area contributed by atoms with Gasteiger partial charge in [-0.2, -0.15) is 0 Å². The van der Waals surface area contributed by atoms with Crippen LogP contribution in [-0.2, 0) is 0 Å². The molecule has 1 aromatic rings. The molecule has 1 aliphatic rings. The van der Waals surface area contributed by atoms with Gasteiger partial charge >= 0.3 is 0 Å². The zero-order valence-corrected chi connectivity index (χ0v) is 11.9. The van der Waals surface area contributed by atoms with Gasteiger partial charge in [-0.25, -0.2) is 0 Å². The number of rotatable bonds is 3. The zero-order valence-electron chi connectivity index (χ0n) is 11.1. The number of hydrogen-bond acceptors (Lipinski definition) is 3. The minimum absolute atomic E-state index is 0.0469. The first-order chi connectivity index (χ1) is 8.47. The highest BCUT2D eigenvalue weighted by Crippen LogP contribution is 2.39. The number of methoxy groups -OCH3 is 1. The van der Waals surface area contributed by atoms with Gasteiger partial charge in [-0.15, -0.1) is 0 Å². The third-order valence-corrected chi connectivity index (χ3v) is 3.96. The fourth-order valence-corrected chi connectivity index (χ4v) is 3.04. The molecule has 1 N–H and O–H groups in total. The topological polar surface area (TPSA) is 32.7 Å². The predicted octanol–water partition coefficient (Wildman–Crippen LogP) is 2.95. The molecule has 18 heavy (non-hydrogen) atoms. The summed E-state index contributed by atoms with van der Waals surface area (Å²) in [4.78, 5) is 2.30. The standard InChI is InChI=1S/C14H20ClNO2/c1-14(2)7-10(9-17)8-16(14)11-4-5-13(18-3)12(15)6-11/h4-6,10,17H,7-9H2,1-3H3. The smallest absolute Gasteiger partial charge is 0.137 e. The molecule has 1 unspecified atom stereocenters. The van der Waals surface area contributed by atoms with Crippen molar-refractivity contribution in [2.24, 2.45) is 5.92 Å². The Bertz CT molecular complexity index is 434. The summed E-state index contributed by atoms with van der Waals surface area (Å²) in [6.45, 7) is 5.50. The zero-order chi connectivity index (χ0) is 13.3. The number of halogens is 1. The van der Waals surface area contributed by atoms with Gasteiger partial charge in [0.1, 0.15) is 5.75 Å². The summed E-state index contributed by atoms with van der Waals surface area (Å²) in [5.41, 5.74) is 1.13. The minimum Gasteiger partial charge on any atom is -0.495 e. The van der Waals surface area contributed by atoms with Gasteiger partial charge in [0.2, 0.25) is 0 Å². The molecule has 2 rings (SSSR count). The predicted molar refractivity (Wildman–Crippen MR) is 74.6 cm³/mol. The van der Waals surface area contributed by atoms with Crippen LogP contribution in [0.3, 0.4) is 0 Å². The molecule has 1 aromatic carbocycles. The van der Waals surface area contributed by atoms with E-state index in [1.54, 1.807) is 7.11 Å². The van der Waals surface area contributed by atoms with Crippen molar-refractivity contribution in [2.45, 2.75) is 25.8 Å². The first-order valence-electron chi connectivity index (χ1n) is 6.20. The van der Waals surface area contributed by atoms with E-state index in [9.17, 15) is 5.11 Å². The van der Waals surface area contributed by atoms with E-state index in [2.05, 4.69) is 18.7 Å². The van der Waals surface area contributed by atoms with Gasteiger partial charge in [-0.3, -0.25) is 0 Å². The molecular weight excluding hydrogens is 250 g/mol. The van der Waals surface area contributed by atoms with E-state index in [1.165, 1.54) is 0 Å². The molecule has 0 bridgehead atoms. The van der Waals surface area contributed by atoms with Crippen LogP contribution in [-0.4, -0.2) is 30.9 Å². The molecule has 0 aliphatic carbocycles. The number of benzene rings is 1. The van der Waals surface area contributed by atoms with Crippen molar-refractivity contribution < 1.29 is 9.84 Å². The second kappa shape index (κ2) is 4.98. The maximum absolute atomic E-state index is 9.33. The molecule has 4 heteroatoms. The van der Waals surface area contributed by atoms with E-state index >= 15 is 0 Å². The average molecular weight is 270 g/mol.